The molecule has 0 atom stereocenters. The summed E-state index contributed by atoms with van der Waals surface area (Å²) in [6.45, 7) is 0. The lowest BCUT2D eigenvalue weighted by Gasteiger charge is -2.44. The fourth-order valence-electron chi connectivity index (χ4n) is 9.18. The van der Waals surface area contributed by atoms with Crippen molar-refractivity contribution in [2.24, 2.45) is 0 Å². The maximum atomic E-state index is 2.68. The molecule has 0 radical (unpaired) electrons. The Kier molecular flexibility index (Phi) is 3.20. The Labute approximate surface area is 240 Å². The van der Waals surface area contributed by atoms with Crippen molar-refractivity contribution in [3.63, 3.8) is 0 Å². The zero-order valence-corrected chi connectivity index (χ0v) is 22.6. The Morgan fingerprint density at radius 3 is 1.07 bits per heavy atom. The number of nitrogens with zero attached hydrogens (tertiary/aromatic N) is 1. The van der Waals surface area contributed by atoms with Gasteiger partial charge in [0.25, 0.3) is 0 Å². The predicted octanol–water partition coefficient (Wildman–Crippen LogP) is 11.3. The molecule has 0 saturated heterocycles. The van der Waals surface area contributed by atoms with Crippen molar-refractivity contribution in [3.05, 3.63) is 132 Å². The van der Waals surface area contributed by atoms with E-state index in [4.69, 9.17) is 0 Å². The van der Waals surface area contributed by atoms with Crippen LogP contribution in [-0.4, -0.2) is 0 Å². The van der Waals surface area contributed by atoms with E-state index in [1.807, 2.05) is 0 Å². The Morgan fingerprint density at radius 2 is 0.667 bits per heavy atom. The third kappa shape index (κ3) is 2.03. The third-order valence-electron chi connectivity index (χ3n) is 10.6. The summed E-state index contributed by atoms with van der Waals surface area (Å²) in [6, 6.07) is 46.5. The van der Waals surface area contributed by atoms with Crippen molar-refractivity contribution in [2.45, 2.75) is 6.04 Å². The normalized spacial score (nSPS) is 14.5. The molecule has 12 rings (SSSR count). The standard InChI is InChI=1S/C41H21N/c1-5-21-13-17-29-37-33(21)25(9-1)27-11-3-7-23-15-19-31(39(37)35(23)27)42-32-20-16-24-8-4-12-28-26-10-2-6-22-14-18-30(41(29)42)38(34(22)26)40(32)36(24)28/h1-20,41H. The maximum absolute atomic E-state index is 2.68. The molecule has 0 aromatic heterocycles. The van der Waals surface area contributed by atoms with E-state index in [2.05, 4.69) is 126 Å². The molecule has 0 saturated carbocycles. The van der Waals surface area contributed by atoms with Crippen LogP contribution in [0.15, 0.2) is 121 Å². The topological polar surface area (TPSA) is 3.24 Å². The lowest BCUT2D eigenvalue weighted by molar-refractivity contribution is 0.830. The van der Waals surface area contributed by atoms with Gasteiger partial charge in [-0.25, -0.2) is 0 Å². The highest BCUT2D eigenvalue weighted by Crippen LogP contribution is 2.60. The summed E-state index contributed by atoms with van der Waals surface area (Å²) >= 11 is 0. The molecule has 42 heavy (non-hydrogen) atoms. The van der Waals surface area contributed by atoms with Gasteiger partial charge in [-0.3, -0.25) is 0 Å². The van der Waals surface area contributed by atoms with Crippen LogP contribution in [0, 0.1) is 0 Å². The summed E-state index contributed by atoms with van der Waals surface area (Å²) in [7, 11) is 0. The molecule has 0 fully saturated rings. The summed E-state index contributed by atoms with van der Waals surface area (Å²) < 4.78 is 0. The molecule has 0 bridgehead atoms. The molecule has 1 nitrogen and oxygen atoms in total. The smallest absolute Gasteiger partial charge is 0.0857 e. The van der Waals surface area contributed by atoms with E-state index in [-0.39, 0.29) is 6.04 Å². The summed E-state index contributed by atoms with van der Waals surface area (Å²) in [4.78, 5) is 2.68. The number of hydrogen-bond donors (Lipinski definition) is 0. The van der Waals surface area contributed by atoms with Gasteiger partial charge in [0.15, 0.2) is 0 Å². The molecule has 1 heteroatoms. The van der Waals surface area contributed by atoms with E-state index in [0.29, 0.717) is 0 Å². The summed E-state index contributed by atoms with van der Waals surface area (Å²) in [5.41, 5.74) is 5.49. The maximum Gasteiger partial charge on any atom is 0.0857 e. The van der Waals surface area contributed by atoms with Gasteiger partial charge >= 0.3 is 0 Å². The Hall–Kier alpha value is -5.40. The second-order valence-corrected chi connectivity index (χ2v) is 12.4. The number of hydrogen-bond acceptors (Lipinski definition) is 1. The molecule has 0 spiro atoms. The molecule has 2 aliphatic heterocycles. The van der Waals surface area contributed by atoms with Crippen molar-refractivity contribution >= 4 is 97.6 Å². The molecular weight excluding hydrogens is 506 g/mol. The number of fused-ring (bicyclic) bond motifs is 7. The van der Waals surface area contributed by atoms with Crippen LogP contribution in [0.2, 0.25) is 0 Å². The van der Waals surface area contributed by atoms with Crippen LogP contribution in [0.25, 0.3) is 86.2 Å². The van der Waals surface area contributed by atoms with E-state index in [9.17, 15) is 0 Å². The van der Waals surface area contributed by atoms with Gasteiger partial charge in [-0.15, -0.1) is 0 Å². The van der Waals surface area contributed by atoms with Crippen LogP contribution in [0.3, 0.4) is 0 Å². The van der Waals surface area contributed by atoms with Crippen LogP contribution < -0.4 is 4.90 Å². The zero-order valence-electron chi connectivity index (χ0n) is 22.6. The van der Waals surface area contributed by atoms with Crippen LogP contribution in [0.1, 0.15) is 17.2 Å². The Balaban J connectivity index is 1.40. The predicted molar refractivity (Wildman–Crippen MR) is 179 cm³/mol. The van der Waals surface area contributed by atoms with Crippen molar-refractivity contribution in [1.29, 1.82) is 0 Å². The van der Waals surface area contributed by atoms with Crippen LogP contribution in [0.4, 0.5) is 11.4 Å². The quantitative estimate of drug-likeness (QED) is 0.140. The fraction of sp³-hybridized carbons (Fsp3) is 0.0244. The van der Waals surface area contributed by atoms with Gasteiger partial charge in [-0.05, 0) is 98.7 Å². The lowest BCUT2D eigenvalue weighted by atomic mass is 9.76. The number of rotatable bonds is 0. The highest BCUT2D eigenvalue weighted by molar-refractivity contribution is 6.40. The van der Waals surface area contributed by atoms with Gasteiger partial charge in [-0.1, -0.05) is 109 Å². The first kappa shape index (κ1) is 20.5. The SMILES string of the molecule is c1cc2ccc3c4c5c(ccc6cccc(c(c1)c24)c65)N1c2ccc4cccc5c6cccc7ccc(c(c2c45)c76)C31. The van der Waals surface area contributed by atoms with E-state index in [1.54, 1.807) is 0 Å². The minimum Gasteiger partial charge on any atom is -0.329 e. The van der Waals surface area contributed by atoms with Crippen molar-refractivity contribution in [1.82, 2.24) is 0 Å². The summed E-state index contributed by atoms with van der Waals surface area (Å²) in [5, 5.41) is 22.0. The molecule has 0 unspecified atom stereocenters. The van der Waals surface area contributed by atoms with Crippen LogP contribution >= 0.6 is 0 Å². The van der Waals surface area contributed by atoms with E-state index < -0.39 is 0 Å². The molecule has 0 aliphatic carbocycles. The van der Waals surface area contributed by atoms with E-state index in [0.717, 1.165) is 0 Å². The van der Waals surface area contributed by atoms with E-state index in [1.165, 1.54) is 109 Å². The van der Waals surface area contributed by atoms with Crippen molar-refractivity contribution in [2.75, 3.05) is 4.90 Å². The fourth-order valence-corrected chi connectivity index (χ4v) is 9.18. The van der Waals surface area contributed by atoms with Gasteiger partial charge in [0.2, 0.25) is 0 Å². The van der Waals surface area contributed by atoms with Gasteiger partial charge < -0.3 is 4.90 Å². The van der Waals surface area contributed by atoms with Crippen LogP contribution in [0.5, 0.6) is 0 Å². The molecule has 0 N–H and O–H groups in total. The van der Waals surface area contributed by atoms with Crippen molar-refractivity contribution < 1.29 is 0 Å². The molecular formula is C41H21N. The third-order valence-corrected chi connectivity index (χ3v) is 10.6. The molecule has 2 aliphatic rings. The molecule has 190 valence electrons. The molecule has 2 heterocycles. The van der Waals surface area contributed by atoms with Crippen molar-refractivity contribution in [3.8, 4) is 0 Å². The van der Waals surface area contributed by atoms with Gasteiger partial charge in [0.05, 0.1) is 17.4 Å². The first-order chi connectivity index (χ1) is 20.9. The summed E-state index contributed by atoms with van der Waals surface area (Å²) in [6.07, 6.45) is 0. The zero-order chi connectivity index (χ0) is 26.8. The highest BCUT2D eigenvalue weighted by atomic mass is 15.2. The average molecular weight is 528 g/mol. The largest absolute Gasteiger partial charge is 0.329 e. The minimum atomic E-state index is 0.107. The first-order valence-electron chi connectivity index (χ1n) is 14.9. The van der Waals surface area contributed by atoms with Gasteiger partial charge in [-0.2, -0.15) is 0 Å². The van der Waals surface area contributed by atoms with Crippen LogP contribution in [-0.2, 0) is 0 Å². The Morgan fingerprint density at radius 1 is 0.310 bits per heavy atom. The average Bonchev–Trinajstić information content (AvgIpc) is 3.05. The second kappa shape index (κ2) is 6.56. The number of benzene rings is 10. The minimum absolute atomic E-state index is 0.107. The monoisotopic (exact) mass is 527 g/mol. The Bertz CT molecular complexity index is 2460. The second-order valence-electron chi connectivity index (χ2n) is 12.4. The molecule has 10 aromatic carbocycles. The van der Waals surface area contributed by atoms with Gasteiger partial charge in [0, 0.05) is 10.8 Å². The summed E-state index contributed by atoms with van der Waals surface area (Å²) in [5.74, 6) is 0. The van der Waals surface area contributed by atoms with E-state index >= 15 is 0 Å². The highest BCUT2D eigenvalue weighted by Gasteiger charge is 2.39. The number of anilines is 2. The molecule has 0 amide bonds. The molecule has 10 aromatic rings. The first-order valence-corrected chi connectivity index (χ1v) is 14.9. The lowest BCUT2D eigenvalue weighted by Crippen LogP contribution is -2.30. The van der Waals surface area contributed by atoms with Gasteiger partial charge in [0.1, 0.15) is 0 Å².